The molecular weight excluding hydrogens is 250 g/mol. The van der Waals surface area contributed by atoms with Gasteiger partial charge in [-0.15, -0.1) is 0 Å². The van der Waals surface area contributed by atoms with Gasteiger partial charge in [0.2, 0.25) is 5.91 Å². The van der Waals surface area contributed by atoms with Crippen molar-refractivity contribution in [3.8, 4) is 0 Å². The van der Waals surface area contributed by atoms with Crippen LogP contribution < -0.4 is 11.1 Å². The molecule has 0 saturated heterocycles. The summed E-state index contributed by atoms with van der Waals surface area (Å²) in [5, 5.41) is 3.11. The molecule has 20 heavy (non-hydrogen) atoms. The molecule has 0 radical (unpaired) electrons. The molecule has 4 atom stereocenters. The highest BCUT2D eigenvalue weighted by molar-refractivity contribution is 5.79. The molecule has 0 heterocycles. The van der Waals surface area contributed by atoms with Gasteiger partial charge in [-0.05, 0) is 44.2 Å². The van der Waals surface area contributed by atoms with Gasteiger partial charge < -0.3 is 16.0 Å². The first-order valence-corrected chi connectivity index (χ1v) is 8.25. The molecule has 4 nitrogen and oxygen atoms in total. The second-order valence-corrected chi connectivity index (χ2v) is 6.42. The van der Waals surface area contributed by atoms with Crippen LogP contribution in [-0.4, -0.2) is 43.0 Å². The predicted molar refractivity (Wildman–Crippen MR) is 84.4 cm³/mol. The normalized spacial score (nSPS) is 30.5. The molecule has 4 unspecified atom stereocenters. The van der Waals surface area contributed by atoms with Crippen LogP contribution in [0.2, 0.25) is 0 Å². The van der Waals surface area contributed by atoms with Gasteiger partial charge in [0.05, 0.1) is 0 Å². The Kier molecular flexibility index (Phi) is 7.52. The number of carbonyl (C=O) groups excluding carboxylic acids is 1. The van der Waals surface area contributed by atoms with E-state index in [1.54, 1.807) is 0 Å². The largest absolute Gasteiger partial charge is 0.355 e. The molecule has 0 spiro atoms. The second-order valence-electron chi connectivity index (χ2n) is 6.42. The molecule has 1 amide bonds. The molecule has 1 rings (SSSR count). The topological polar surface area (TPSA) is 58.4 Å². The molecule has 0 aliphatic heterocycles. The summed E-state index contributed by atoms with van der Waals surface area (Å²) in [5.41, 5.74) is 6.12. The summed E-state index contributed by atoms with van der Waals surface area (Å²) in [6, 6.07) is 0.175. The lowest BCUT2D eigenvalue weighted by Crippen LogP contribution is -2.46. The molecule has 3 N–H and O–H groups in total. The van der Waals surface area contributed by atoms with E-state index in [1.165, 1.54) is 0 Å². The zero-order valence-corrected chi connectivity index (χ0v) is 13.7. The highest BCUT2D eigenvalue weighted by atomic mass is 16.1. The number of nitrogens with two attached hydrogens (primary N) is 1. The second kappa shape index (κ2) is 8.63. The van der Waals surface area contributed by atoms with Crippen molar-refractivity contribution in [3.63, 3.8) is 0 Å². The van der Waals surface area contributed by atoms with Crippen molar-refractivity contribution < 1.29 is 4.79 Å². The number of hydrogen-bond donors (Lipinski definition) is 2. The third-order valence-electron chi connectivity index (χ3n) is 4.74. The summed E-state index contributed by atoms with van der Waals surface area (Å²) >= 11 is 0. The summed E-state index contributed by atoms with van der Waals surface area (Å²) in [6.45, 7) is 12.6. The SMILES string of the molecule is CCCN(CC)CCNC(=O)C1CC(N)C(C)CC1C. The Morgan fingerprint density at radius 2 is 1.90 bits per heavy atom. The fourth-order valence-corrected chi connectivity index (χ4v) is 3.26. The van der Waals surface area contributed by atoms with E-state index in [4.69, 9.17) is 5.73 Å². The molecule has 118 valence electrons. The zero-order valence-electron chi connectivity index (χ0n) is 13.7. The minimum atomic E-state index is 0.0995. The Balaban J connectivity index is 2.35. The van der Waals surface area contributed by atoms with E-state index in [2.05, 4.69) is 37.9 Å². The molecule has 1 aliphatic carbocycles. The summed E-state index contributed by atoms with van der Waals surface area (Å²) in [7, 11) is 0. The Bertz CT molecular complexity index is 295. The third-order valence-corrected chi connectivity index (χ3v) is 4.74. The minimum absolute atomic E-state index is 0.0995. The molecule has 1 aliphatic rings. The molecule has 1 saturated carbocycles. The molecule has 0 aromatic carbocycles. The zero-order chi connectivity index (χ0) is 15.1. The predicted octanol–water partition coefficient (Wildman–Crippen LogP) is 1.84. The molecule has 0 aromatic rings. The Hall–Kier alpha value is -0.610. The number of nitrogens with one attached hydrogen (secondary N) is 1. The summed E-state index contributed by atoms with van der Waals surface area (Å²) in [6.07, 6.45) is 3.06. The van der Waals surface area contributed by atoms with E-state index in [0.29, 0.717) is 11.8 Å². The van der Waals surface area contributed by atoms with Crippen LogP contribution in [0.1, 0.15) is 47.0 Å². The summed E-state index contributed by atoms with van der Waals surface area (Å²) in [4.78, 5) is 14.7. The van der Waals surface area contributed by atoms with Crippen LogP contribution in [0.3, 0.4) is 0 Å². The average Bonchev–Trinajstić information content (AvgIpc) is 2.41. The van der Waals surface area contributed by atoms with E-state index < -0.39 is 0 Å². The minimum Gasteiger partial charge on any atom is -0.355 e. The lowest BCUT2D eigenvalue weighted by Gasteiger charge is -2.36. The lowest BCUT2D eigenvalue weighted by atomic mass is 9.72. The van der Waals surface area contributed by atoms with E-state index in [9.17, 15) is 4.79 Å². The van der Waals surface area contributed by atoms with Gasteiger partial charge in [0.15, 0.2) is 0 Å². The number of amides is 1. The molecule has 4 heteroatoms. The monoisotopic (exact) mass is 283 g/mol. The molecular formula is C16H33N3O. The van der Waals surface area contributed by atoms with Crippen molar-refractivity contribution in [1.82, 2.24) is 10.2 Å². The number of hydrogen-bond acceptors (Lipinski definition) is 3. The number of nitrogens with zero attached hydrogens (tertiary/aromatic N) is 1. The first kappa shape index (κ1) is 17.4. The van der Waals surface area contributed by atoms with Gasteiger partial charge in [-0.3, -0.25) is 4.79 Å². The lowest BCUT2D eigenvalue weighted by molar-refractivity contribution is -0.128. The summed E-state index contributed by atoms with van der Waals surface area (Å²) in [5.74, 6) is 1.28. The van der Waals surface area contributed by atoms with Gasteiger partial charge in [0.1, 0.15) is 0 Å². The van der Waals surface area contributed by atoms with Gasteiger partial charge in [-0.2, -0.15) is 0 Å². The Morgan fingerprint density at radius 3 is 2.50 bits per heavy atom. The van der Waals surface area contributed by atoms with E-state index in [1.807, 2.05) is 0 Å². The van der Waals surface area contributed by atoms with Crippen molar-refractivity contribution in [2.24, 2.45) is 23.5 Å². The quantitative estimate of drug-likeness (QED) is 0.749. The van der Waals surface area contributed by atoms with Crippen molar-refractivity contribution in [3.05, 3.63) is 0 Å². The molecule has 1 fully saturated rings. The highest BCUT2D eigenvalue weighted by Gasteiger charge is 2.34. The molecule has 0 aromatic heterocycles. The van der Waals surface area contributed by atoms with Crippen LogP contribution >= 0.6 is 0 Å². The first-order valence-electron chi connectivity index (χ1n) is 8.25. The molecule has 0 bridgehead atoms. The van der Waals surface area contributed by atoms with Gasteiger partial charge >= 0.3 is 0 Å². The van der Waals surface area contributed by atoms with Crippen LogP contribution in [0.25, 0.3) is 0 Å². The van der Waals surface area contributed by atoms with Crippen LogP contribution in [0.5, 0.6) is 0 Å². The van der Waals surface area contributed by atoms with Gasteiger partial charge in [0, 0.05) is 25.0 Å². The van der Waals surface area contributed by atoms with E-state index in [0.717, 1.165) is 45.4 Å². The van der Waals surface area contributed by atoms with Crippen LogP contribution in [0, 0.1) is 17.8 Å². The number of rotatable bonds is 7. The van der Waals surface area contributed by atoms with Crippen LogP contribution in [0.15, 0.2) is 0 Å². The van der Waals surface area contributed by atoms with Gasteiger partial charge in [-0.25, -0.2) is 0 Å². The van der Waals surface area contributed by atoms with Gasteiger partial charge in [0.25, 0.3) is 0 Å². The van der Waals surface area contributed by atoms with Crippen molar-refractivity contribution in [2.75, 3.05) is 26.2 Å². The van der Waals surface area contributed by atoms with Crippen molar-refractivity contribution >= 4 is 5.91 Å². The summed E-state index contributed by atoms with van der Waals surface area (Å²) < 4.78 is 0. The van der Waals surface area contributed by atoms with Crippen molar-refractivity contribution in [2.45, 2.75) is 53.0 Å². The van der Waals surface area contributed by atoms with E-state index in [-0.39, 0.29) is 17.9 Å². The Morgan fingerprint density at radius 1 is 1.20 bits per heavy atom. The smallest absolute Gasteiger partial charge is 0.223 e. The number of carbonyl (C=O) groups is 1. The maximum absolute atomic E-state index is 12.3. The van der Waals surface area contributed by atoms with Gasteiger partial charge in [-0.1, -0.05) is 27.7 Å². The van der Waals surface area contributed by atoms with Crippen molar-refractivity contribution in [1.29, 1.82) is 0 Å². The standard InChI is InChI=1S/C16H33N3O/c1-5-8-19(6-2)9-7-18-16(20)14-11-15(17)13(4)10-12(14)3/h12-15H,5-11,17H2,1-4H3,(H,18,20). The third kappa shape index (κ3) is 5.06. The number of likely N-dealkylation sites (N-methyl/N-ethyl adjacent to an activating group) is 1. The maximum atomic E-state index is 12.3. The average molecular weight is 283 g/mol. The fourth-order valence-electron chi connectivity index (χ4n) is 3.26. The van der Waals surface area contributed by atoms with E-state index >= 15 is 0 Å². The fraction of sp³-hybridized carbons (Fsp3) is 0.938. The Labute approximate surface area is 124 Å². The maximum Gasteiger partial charge on any atom is 0.223 e. The first-order chi connectivity index (χ1) is 9.49. The van der Waals surface area contributed by atoms with Crippen LogP contribution in [0.4, 0.5) is 0 Å². The highest BCUT2D eigenvalue weighted by Crippen LogP contribution is 2.32. The van der Waals surface area contributed by atoms with Crippen LogP contribution in [-0.2, 0) is 4.79 Å².